The first-order valence-electron chi connectivity index (χ1n) is 9.29. The molecule has 0 atom stereocenters. The van der Waals surface area contributed by atoms with E-state index in [9.17, 15) is 24.5 Å². The number of methoxy groups -OCH3 is 1. The minimum Gasteiger partial charge on any atom is -0.493 e. The lowest BCUT2D eigenvalue weighted by atomic mass is 10.1. The van der Waals surface area contributed by atoms with Crippen molar-refractivity contribution in [2.45, 2.75) is 20.3 Å². The average Bonchev–Trinajstić information content (AvgIpc) is 3.20. The molecule has 166 valence electrons. The van der Waals surface area contributed by atoms with E-state index in [-0.39, 0.29) is 29.6 Å². The second-order valence-electron chi connectivity index (χ2n) is 6.21. The molecule has 1 aromatic heterocycles. The number of carbonyl (C=O) groups is 3. The summed E-state index contributed by atoms with van der Waals surface area (Å²) in [4.78, 5) is 47.6. The number of amides is 1. The van der Waals surface area contributed by atoms with Gasteiger partial charge < -0.3 is 19.5 Å². The van der Waals surface area contributed by atoms with Crippen molar-refractivity contribution in [3.8, 4) is 11.5 Å². The zero-order valence-electron chi connectivity index (χ0n) is 17.3. The van der Waals surface area contributed by atoms with Gasteiger partial charge in [-0.15, -0.1) is 11.3 Å². The van der Waals surface area contributed by atoms with Crippen LogP contribution in [0.1, 0.15) is 38.8 Å². The number of benzene rings is 1. The maximum absolute atomic E-state index is 12.4. The first-order valence-corrected chi connectivity index (χ1v) is 10.1. The minimum absolute atomic E-state index is 0.120. The van der Waals surface area contributed by atoms with E-state index in [1.165, 1.54) is 25.4 Å². The predicted molar refractivity (Wildman–Crippen MR) is 112 cm³/mol. The van der Waals surface area contributed by atoms with Crippen LogP contribution in [0.5, 0.6) is 11.5 Å². The number of esters is 1. The monoisotopic (exact) mass is 450 g/mol. The molecule has 1 amide bonds. The fourth-order valence-corrected chi connectivity index (χ4v) is 3.53. The highest BCUT2D eigenvalue weighted by atomic mass is 32.1. The molecule has 0 saturated heterocycles. The van der Waals surface area contributed by atoms with E-state index in [2.05, 4.69) is 5.32 Å². The maximum Gasteiger partial charge on any atom is 0.345 e. The highest BCUT2D eigenvalue weighted by Crippen LogP contribution is 2.35. The van der Waals surface area contributed by atoms with Gasteiger partial charge in [-0.2, -0.15) is 0 Å². The molecule has 0 aliphatic carbocycles. The Morgan fingerprint density at radius 1 is 1.19 bits per heavy atom. The second kappa shape index (κ2) is 11.1. The number of thiophene rings is 1. The molecule has 0 spiro atoms. The second-order valence-corrected chi connectivity index (χ2v) is 7.38. The lowest BCUT2D eigenvalue weighted by Crippen LogP contribution is -2.22. The van der Waals surface area contributed by atoms with Crippen molar-refractivity contribution in [2.24, 2.45) is 0 Å². The summed E-state index contributed by atoms with van der Waals surface area (Å²) in [5.74, 6) is -1.35. The van der Waals surface area contributed by atoms with E-state index in [4.69, 9.17) is 14.2 Å². The van der Waals surface area contributed by atoms with Crippen LogP contribution in [-0.2, 0) is 16.0 Å². The lowest BCUT2D eigenvalue weighted by Gasteiger charge is -2.11. The third-order valence-corrected chi connectivity index (χ3v) is 5.20. The van der Waals surface area contributed by atoms with Gasteiger partial charge in [0.2, 0.25) is 11.7 Å². The van der Waals surface area contributed by atoms with E-state index < -0.39 is 29.0 Å². The van der Waals surface area contributed by atoms with E-state index >= 15 is 0 Å². The molecule has 1 N–H and O–H groups in total. The molecule has 0 fully saturated rings. The van der Waals surface area contributed by atoms with Gasteiger partial charge in [0.1, 0.15) is 5.56 Å². The minimum atomic E-state index is -1.02. The van der Waals surface area contributed by atoms with E-state index in [0.29, 0.717) is 17.8 Å². The first kappa shape index (κ1) is 23.8. The number of nitro groups is 1. The number of nitrogens with zero attached hydrogens (tertiary/aromatic N) is 1. The summed E-state index contributed by atoms with van der Waals surface area (Å²) in [6.45, 7) is 3.25. The zero-order valence-corrected chi connectivity index (χ0v) is 18.1. The summed E-state index contributed by atoms with van der Waals surface area (Å²) in [6.07, 6.45) is 0.565. The number of nitrogens with one attached hydrogen (secondary N) is 1. The van der Waals surface area contributed by atoms with Gasteiger partial charge in [0, 0.05) is 24.4 Å². The molecule has 0 bridgehead atoms. The number of hydrogen-bond acceptors (Lipinski definition) is 9. The Hall–Kier alpha value is -3.47. The Kier molecular flexibility index (Phi) is 8.50. The summed E-state index contributed by atoms with van der Waals surface area (Å²) in [5, 5.41) is 14.0. The molecule has 0 radical (unpaired) electrons. The molecule has 11 heteroatoms. The first-order chi connectivity index (χ1) is 14.8. The number of ketones is 1. The summed E-state index contributed by atoms with van der Waals surface area (Å²) < 4.78 is 15.4. The number of hydrogen-bond donors (Lipinski definition) is 1. The topological polar surface area (TPSA) is 134 Å². The summed E-state index contributed by atoms with van der Waals surface area (Å²) >= 11 is 1.22. The lowest BCUT2D eigenvalue weighted by molar-refractivity contribution is -0.385. The Labute approximate surface area is 182 Å². The van der Waals surface area contributed by atoms with Gasteiger partial charge in [0.25, 0.3) is 5.69 Å². The predicted octanol–water partition coefficient (Wildman–Crippen LogP) is 2.78. The normalized spacial score (nSPS) is 10.3. The van der Waals surface area contributed by atoms with Crippen molar-refractivity contribution in [1.29, 1.82) is 0 Å². The van der Waals surface area contributed by atoms with Crippen molar-refractivity contribution in [3.63, 3.8) is 0 Å². The van der Waals surface area contributed by atoms with Crippen molar-refractivity contribution >= 4 is 34.7 Å². The molecule has 0 aliphatic rings. The fourth-order valence-electron chi connectivity index (χ4n) is 2.60. The van der Waals surface area contributed by atoms with Crippen LogP contribution in [0.4, 0.5) is 5.69 Å². The molecule has 0 unspecified atom stereocenters. The van der Waals surface area contributed by atoms with Crippen LogP contribution in [0.2, 0.25) is 0 Å². The highest BCUT2D eigenvalue weighted by Gasteiger charge is 2.26. The van der Waals surface area contributed by atoms with E-state index in [1.54, 1.807) is 19.1 Å². The van der Waals surface area contributed by atoms with Crippen LogP contribution in [0.25, 0.3) is 0 Å². The number of ether oxygens (including phenoxy) is 3. The number of carbonyl (C=O) groups excluding carboxylic acids is 3. The molecule has 0 aliphatic heterocycles. The molecule has 0 saturated carbocycles. The summed E-state index contributed by atoms with van der Waals surface area (Å²) in [5.41, 5.74) is -0.863. The van der Waals surface area contributed by atoms with Crippen LogP contribution in [-0.4, -0.2) is 49.5 Å². The van der Waals surface area contributed by atoms with E-state index in [1.807, 2.05) is 0 Å². The Morgan fingerprint density at radius 2 is 1.94 bits per heavy atom. The number of Topliss-reactive ketones (excluding diaryl/α,β-unsaturated/α-hetero) is 1. The standard InChI is InChI=1S/C20H22N2O8S/c1-4-29-18-10-15(22(26)27)14(9-17(18)28-3)20(25)30-11-16(24)19-6-5-13(31-19)7-8-21-12(2)23/h5-6,9-10H,4,7-8,11H2,1-3H3,(H,21,23). The highest BCUT2D eigenvalue weighted by molar-refractivity contribution is 7.14. The maximum atomic E-state index is 12.4. The largest absolute Gasteiger partial charge is 0.493 e. The number of rotatable bonds is 11. The molecular formula is C20H22N2O8S. The van der Waals surface area contributed by atoms with Crippen LogP contribution in [0.15, 0.2) is 24.3 Å². The van der Waals surface area contributed by atoms with Gasteiger partial charge in [0.15, 0.2) is 18.1 Å². The van der Waals surface area contributed by atoms with Crippen LogP contribution in [0.3, 0.4) is 0 Å². The van der Waals surface area contributed by atoms with Crippen molar-refractivity contribution < 1.29 is 33.5 Å². The Morgan fingerprint density at radius 3 is 2.55 bits per heavy atom. The van der Waals surface area contributed by atoms with Crippen molar-refractivity contribution in [2.75, 3.05) is 26.9 Å². The Bertz CT molecular complexity index is 986. The average molecular weight is 450 g/mol. The quantitative estimate of drug-likeness (QED) is 0.239. The van der Waals surface area contributed by atoms with Gasteiger partial charge in [0.05, 0.1) is 29.6 Å². The van der Waals surface area contributed by atoms with Gasteiger partial charge in [-0.1, -0.05) is 0 Å². The van der Waals surface area contributed by atoms with E-state index in [0.717, 1.165) is 17.0 Å². The smallest absolute Gasteiger partial charge is 0.345 e. The van der Waals surface area contributed by atoms with Crippen LogP contribution in [0, 0.1) is 10.1 Å². The summed E-state index contributed by atoms with van der Waals surface area (Å²) in [6, 6.07) is 5.60. The molecule has 1 heterocycles. The molecular weight excluding hydrogens is 428 g/mol. The van der Waals surface area contributed by atoms with Crippen LogP contribution < -0.4 is 14.8 Å². The molecule has 31 heavy (non-hydrogen) atoms. The SMILES string of the molecule is CCOc1cc([N+](=O)[O-])c(C(=O)OCC(=O)c2ccc(CCNC(C)=O)s2)cc1OC. The van der Waals surface area contributed by atoms with Crippen molar-refractivity contribution in [1.82, 2.24) is 5.32 Å². The van der Waals surface area contributed by atoms with Gasteiger partial charge >= 0.3 is 5.97 Å². The Balaban J connectivity index is 2.08. The van der Waals surface area contributed by atoms with Crippen molar-refractivity contribution in [3.05, 3.63) is 49.7 Å². The van der Waals surface area contributed by atoms with Crippen LogP contribution >= 0.6 is 11.3 Å². The third kappa shape index (κ3) is 6.51. The summed E-state index contributed by atoms with van der Waals surface area (Å²) in [7, 11) is 1.34. The number of nitro benzene ring substituents is 1. The molecule has 1 aromatic carbocycles. The van der Waals surface area contributed by atoms with Gasteiger partial charge in [-0.3, -0.25) is 19.7 Å². The fraction of sp³-hybridized carbons (Fsp3) is 0.350. The molecule has 2 aromatic rings. The third-order valence-electron chi connectivity index (χ3n) is 4.01. The molecule has 10 nitrogen and oxygen atoms in total. The van der Waals surface area contributed by atoms with Gasteiger partial charge in [-0.25, -0.2) is 4.79 Å². The van der Waals surface area contributed by atoms with Gasteiger partial charge in [-0.05, 0) is 25.5 Å². The zero-order chi connectivity index (χ0) is 23.0. The molecule has 2 rings (SSSR count).